The van der Waals surface area contributed by atoms with Gasteiger partial charge in [-0.1, -0.05) is 36.4 Å². The molecule has 3 aromatic rings. The molecule has 2 N–H and O–H groups in total. The zero-order valence-corrected chi connectivity index (χ0v) is 15.1. The van der Waals surface area contributed by atoms with Crippen LogP contribution in [0.5, 0.6) is 0 Å². The van der Waals surface area contributed by atoms with Crippen LogP contribution in [0.2, 0.25) is 0 Å². The number of carbonyl (C=O) groups is 1. The molecule has 2 aromatic carbocycles. The van der Waals surface area contributed by atoms with Gasteiger partial charge in [-0.05, 0) is 35.7 Å². The van der Waals surface area contributed by atoms with Crippen LogP contribution in [0.15, 0.2) is 67.3 Å². The molecule has 0 aliphatic heterocycles. The molecule has 0 aliphatic rings. The lowest BCUT2D eigenvalue weighted by molar-refractivity contribution is -0.114. The summed E-state index contributed by atoms with van der Waals surface area (Å²) in [6.07, 6.45) is 5.58. The Bertz CT molecular complexity index is 841. The summed E-state index contributed by atoms with van der Waals surface area (Å²) in [5.41, 5.74) is 4.47. The number of nitrogens with zero attached hydrogens (tertiary/aromatic N) is 2. The van der Waals surface area contributed by atoms with Crippen LogP contribution in [0.3, 0.4) is 0 Å². The molecule has 134 valence electrons. The molecule has 1 aromatic heterocycles. The molecular weight excluding hydrogens is 324 g/mol. The van der Waals surface area contributed by atoms with Crippen LogP contribution in [0.1, 0.15) is 36.6 Å². The van der Waals surface area contributed by atoms with E-state index < -0.39 is 0 Å². The van der Waals surface area contributed by atoms with Gasteiger partial charge in [0.25, 0.3) is 0 Å². The third kappa shape index (κ3) is 5.04. The summed E-state index contributed by atoms with van der Waals surface area (Å²) in [5, 5.41) is 6.36. The van der Waals surface area contributed by atoms with E-state index in [9.17, 15) is 4.79 Å². The van der Waals surface area contributed by atoms with Crippen molar-refractivity contribution in [2.75, 3.05) is 5.32 Å². The van der Waals surface area contributed by atoms with Gasteiger partial charge in [-0.2, -0.15) is 0 Å². The molecule has 1 heterocycles. The number of benzene rings is 2. The molecule has 3 rings (SSSR count). The number of rotatable bonds is 7. The molecule has 1 amide bonds. The Morgan fingerprint density at radius 2 is 1.92 bits per heavy atom. The van der Waals surface area contributed by atoms with Gasteiger partial charge in [0.15, 0.2) is 0 Å². The zero-order valence-electron chi connectivity index (χ0n) is 15.1. The third-order valence-corrected chi connectivity index (χ3v) is 4.27. The van der Waals surface area contributed by atoms with Crippen LogP contribution >= 0.6 is 0 Å². The Balaban J connectivity index is 1.55. The fourth-order valence-electron chi connectivity index (χ4n) is 2.83. The Kier molecular flexibility index (Phi) is 5.81. The SMILES string of the molecule is CC(=O)Nc1cccc([C@H](C)NCc2ccc(Cn3ccnc3)cc2)c1. The minimum absolute atomic E-state index is 0.0569. The Morgan fingerprint density at radius 1 is 1.15 bits per heavy atom. The van der Waals surface area contributed by atoms with Gasteiger partial charge in [0.1, 0.15) is 0 Å². The van der Waals surface area contributed by atoms with E-state index in [2.05, 4.69) is 57.4 Å². The van der Waals surface area contributed by atoms with Crippen molar-refractivity contribution in [3.8, 4) is 0 Å². The highest BCUT2D eigenvalue weighted by molar-refractivity contribution is 5.88. The molecule has 0 spiro atoms. The van der Waals surface area contributed by atoms with Crippen molar-refractivity contribution in [1.82, 2.24) is 14.9 Å². The molecule has 0 aliphatic carbocycles. The van der Waals surface area contributed by atoms with Crippen LogP contribution in [0.4, 0.5) is 5.69 Å². The second kappa shape index (κ2) is 8.45. The zero-order chi connectivity index (χ0) is 18.4. The van der Waals surface area contributed by atoms with Gasteiger partial charge in [-0.25, -0.2) is 4.98 Å². The van der Waals surface area contributed by atoms with Crippen molar-refractivity contribution in [3.63, 3.8) is 0 Å². The molecule has 0 fully saturated rings. The number of amides is 1. The van der Waals surface area contributed by atoms with Crippen molar-refractivity contribution in [2.45, 2.75) is 33.0 Å². The maximum Gasteiger partial charge on any atom is 0.221 e. The third-order valence-electron chi connectivity index (χ3n) is 4.27. The summed E-state index contributed by atoms with van der Waals surface area (Å²) in [4.78, 5) is 15.3. The van der Waals surface area contributed by atoms with Gasteiger partial charge in [-0.3, -0.25) is 4.79 Å². The van der Waals surface area contributed by atoms with E-state index in [0.29, 0.717) is 0 Å². The molecule has 1 atom stereocenters. The highest BCUT2D eigenvalue weighted by Gasteiger charge is 2.06. The molecule has 26 heavy (non-hydrogen) atoms. The maximum atomic E-state index is 11.2. The quantitative estimate of drug-likeness (QED) is 0.684. The Labute approximate surface area is 154 Å². The average molecular weight is 348 g/mol. The van der Waals surface area contributed by atoms with E-state index in [1.165, 1.54) is 18.1 Å². The lowest BCUT2D eigenvalue weighted by Gasteiger charge is -2.16. The van der Waals surface area contributed by atoms with Crippen molar-refractivity contribution in [1.29, 1.82) is 0 Å². The van der Waals surface area contributed by atoms with Gasteiger partial charge in [0.05, 0.1) is 6.33 Å². The second-order valence-corrected chi connectivity index (χ2v) is 6.46. The van der Waals surface area contributed by atoms with Crippen molar-refractivity contribution in [3.05, 3.63) is 83.9 Å². The van der Waals surface area contributed by atoms with E-state index in [1.54, 1.807) is 6.20 Å². The van der Waals surface area contributed by atoms with E-state index in [0.717, 1.165) is 24.3 Å². The first-order valence-electron chi connectivity index (χ1n) is 8.74. The molecule has 0 unspecified atom stereocenters. The van der Waals surface area contributed by atoms with E-state index in [4.69, 9.17) is 0 Å². The standard InChI is InChI=1S/C21H24N4O/c1-16(20-4-3-5-21(12-20)24-17(2)26)23-13-18-6-8-19(9-7-18)14-25-11-10-22-15-25/h3-12,15-16,23H,13-14H2,1-2H3,(H,24,26)/t16-/m0/s1. The van der Waals surface area contributed by atoms with Crippen LogP contribution in [0.25, 0.3) is 0 Å². The number of hydrogen-bond acceptors (Lipinski definition) is 3. The first kappa shape index (κ1) is 17.9. The first-order chi connectivity index (χ1) is 12.6. The predicted molar refractivity (Wildman–Crippen MR) is 104 cm³/mol. The molecule has 0 bridgehead atoms. The lowest BCUT2D eigenvalue weighted by Crippen LogP contribution is -2.18. The van der Waals surface area contributed by atoms with Gasteiger partial charge < -0.3 is 15.2 Å². The number of aromatic nitrogens is 2. The van der Waals surface area contributed by atoms with Crippen LogP contribution < -0.4 is 10.6 Å². The average Bonchev–Trinajstić information content (AvgIpc) is 3.13. The summed E-state index contributed by atoms with van der Waals surface area (Å²) in [7, 11) is 0. The molecular formula is C21H24N4O. The molecule has 0 radical (unpaired) electrons. The van der Waals surface area contributed by atoms with Crippen molar-refractivity contribution < 1.29 is 4.79 Å². The van der Waals surface area contributed by atoms with E-state index in [-0.39, 0.29) is 11.9 Å². The predicted octanol–water partition coefficient (Wildman–Crippen LogP) is 3.74. The second-order valence-electron chi connectivity index (χ2n) is 6.46. The summed E-state index contributed by atoms with van der Waals surface area (Å²) in [6.45, 7) is 5.27. The summed E-state index contributed by atoms with van der Waals surface area (Å²) in [5.74, 6) is -0.0569. The topological polar surface area (TPSA) is 59.0 Å². The van der Waals surface area contributed by atoms with Crippen LogP contribution in [0, 0.1) is 0 Å². The minimum Gasteiger partial charge on any atom is -0.333 e. The fourth-order valence-corrected chi connectivity index (χ4v) is 2.83. The first-order valence-corrected chi connectivity index (χ1v) is 8.74. The van der Waals surface area contributed by atoms with Gasteiger partial charge in [0.2, 0.25) is 5.91 Å². The number of hydrogen-bond donors (Lipinski definition) is 2. The van der Waals surface area contributed by atoms with Crippen LogP contribution in [-0.2, 0) is 17.9 Å². The van der Waals surface area contributed by atoms with E-state index in [1.807, 2.05) is 30.7 Å². The van der Waals surface area contributed by atoms with Crippen LogP contribution in [-0.4, -0.2) is 15.5 Å². The van der Waals surface area contributed by atoms with Gasteiger partial charge >= 0.3 is 0 Å². The maximum absolute atomic E-state index is 11.2. The van der Waals surface area contributed by atoms with Crippen molar-refractivity contribution >= 4 is 11.6 Å². The van der Waals surface area contributed by atoms with E-state index >= 15 is 0 Å². The minimum atomic E-state index is -0.0569. The Hall–Kier alpha value is -2.92. The highest BCUT2D eigenvalue weighted by atomic mass is 16.1. The molecule has 5 heteroatoms. The normalized spacial score (nSPS) is 11.9. The van der Waals surface area contributed by atoms with Gasteiger partial charge in [0, 0.05) is 44.1 Å². The lowest BCUT2D eigenvalue weighted by atomic mass is 10.1. The number of carbonyl (C=O) groups excluding carboxylic acids is 1. The molecule has 5 nitrogen and oxygen atoms in total. The number of nitrogens with one attached hydrogen (secondary N) is 2. The highest BCUT2D eigenvalue weighted by Crippen LogP contribution is 2.18. The Morgan fingerprint density at radius 3 is 2.62 bits per heavy atom. The summed E-state index contributed by atoms with van der Waals surface area (Å²) in [6, 6.07) is 16.7. The van der Waals surface area contributed by atoms with Crippen molar-refractivity contribution in [2.24, 2.45) is 0 Å². The summed E-state index contributed by atoms with van der Waals surface area (Å²) < 4.78 is 2.05. The number of imidazole rings is 1. The smallest absolute Gasteiger partial charge is 0.221 e. The largest absolute Gasteiger partial charge is 0.333 e. The molecule has 0 saturated carbocycles. The monoisotopic (exact) mass is 348 g/mol. The van der Waals surface area contributed by atoms with Gasteiger partial charge in [-0.15, -0.1) is 0 Å². The summed E-state index contributed by atoms with van der Waals surface area (Å²) >= 11 is 0. The molecule has 0 saturated heterocycles. The number of anilines is 1. The fraction of sp³-hybridized carbons (Fsp3) is 0.238.